The fraction of sp³-hybridized carbons (Fsp3) is 0.900. The largest absolute Gasteiger partial charge is 0.353 e. The summed E-state index contributed by atoms with van der Waals surface area (Å²) in [7, 11) is 0. The number of carbonyl (C=O) groups excluding carboxylic acids is 1. The third-order valence-corrected chi connectivity index (χ3v) is 2.59. The second-order valence-electron chi connectivity index (χ2n) is 3.98. The first kappa shape index (κ1) is 11.5. The molecule has 0 saturated carbocycles. The van der Waals surface area contributed by atoms with Crippen LogP contribution in [0.5, 0.6) is 0 Å². The molecule has 1 rings (SSSR count). The third-order valence-electron chi connectivity index (χ3n) is 2.59. The monoisotopic (exact) mass is 199 g/mol. The van der Waals surface area contributed by atoms with Crippen molar-refractivity contribution in [2.24, 2.45) is 5.73 Å². The van der Waals surface area contributed by atoms with E-state index in [4.69, 9.17) is 5.73 Å². The van der Waals surface area contributed by atoms with Crippen LogP contribution < -0.4 is 11.1 Å². The van der Waals surface area contributed by atoms with Crippen molar-refractivity contribution in [2.45, 2.75) is 32.2 Å². The molecule has 14 heavy (non-hydrogen) atoms. The Hall–Kier alpha value is -0.610. The van der Waals surface area contributed by atoms with Crippen LogP contribution in [0.4, 0.5) is 0 Å². The van der Waals surface area contributed by atoms with Crippen molar-refractivity contribution in [1.82, 2.24) is 10.2 Å². The SMILES string of the molecule is C[C@H](N)C(=O)NCCN1CCCCC1. The van der Waals surface area contributed by atoms with Gasteiger partial charge < -0.3 is 16.0 Å². The van der Waals surface area contributed by atoms with Crippen molar-refractivity contribution >= 4 is 5.91 Å². The number of nitrogens with zero attached hydrogens (tertiary/aromatic N) is 1. The van der Waals surface area contributed by atoms with Crippen LogP contribution in [0.15, 0.2) is 0 Å². The molecular formula is C10H21N3O. The van der Waals surface area contributed by atoms with Gasteiger partial charge in [0.2, 0.25) is 5.91 Å². The molecule has 0 aromatic rings. The van der Waals surface area contributed by atoms with Crippen molar-refractivity contribution < 1.29 is 4.79 Å². The van der Waals surface area contributed by atoms with Crippen LogP contribution in [0, 0.1) is 0 Å². The highest BCUT2D eigenvalue weighted by Crippen LogP contribution is 2.07. The maximum absolute atomic E-state index is 11.1. The topological polar surface area (TPSA) is 58.4 Å². The average molecular weight is 199 g/mol. The molecule has 1 fully saturated rings. The molecule has 0 aliphatic carbocycles. The van der Waals surface area contributed by atoms with Crippen LogP contribution in [0.25, 0.3) is 0 Å². The van der Waals surface area contributed by atoms with Crippen LogP contribution in [-0.2, 0) is 4.79 Å². The molecule has 0 unspecified atom stereocenters. The number of hydrogen-bond acceptors (Lipinski definition) is 3. The lowest BCUT2D eigenvalue weighted by Crippen LogP contribution is -2.43. The Morgan fingerprint density at radius 1 is 1.43 bits per heavy atom. The molecule has 1 aliphatic heterocycles. The Morgan fingerprint density at radius 3 is 2.64 bits per heavy atom. The predicted octanol–water partition coefficient (Wildman–Crippen LogP) is -0.0643. The van der Waals surface area contributed by atoms with Gasteiger partial charge in [0.25, 0.3) is 0 Å². The number of nitrogens with two attached hydrogens (primary N) is 1. The fourth-order valence-electron chi connectivity index (χ4n) is 1.68. The summed E-state index contributed by atoms with van der Waals surface area (Å²) < 4.78 is 0. The minimum Gasteiger partial charge on any atom is -0.353 e. The van der Waals surface area contributed by atoms with E-state index >= 15 is 0 Å². The Balaban J connectivity index is 2.05. The molecule has 0 bridgehead atoms. The van der Waals surface area contributed by atoms with Gasteiger partial charge in [0.1, 0.15) is 0 Å². The number of nitrogens with one attached hydrogen (secondary N) is 1. The van der Waals surface area contributed by atoms with E-state index in [0.29, 0.717) is 0 Å². The van der Waals surface area contributed by atoms with E-state index in [9.17, 15) is 4.79 Å². The lowest BCUT2D eigenvalue weighted by atomic mass is 10.1. The lowest BCUT2D eigenvalue weighted by molar-refractivity contribution is -0.122. The van der Waals surface area contributed by atoms with E-state index in [-0.39, 0.29) is 5.91 Å². The first-order chi connectivity index (χ1) is 6.70. The van der Waals surface area contributed by atoms with Crippen molar-refractivity contribution in [3.63, 3.8) is 0 Å². The lowest BCUT2D eigenvalue weighted by Gasteiger charge is -2.26. The molecule has 0 spiro atoms. The minimum absolute atomic E-state index is 0.0537. The van der Waals surface area contributed by atoms with Crippen molar-refractivity contribution in [2.75, 3.05) is 26.2 Å². The number of hydrogen-bond donors (Lipinski definition) is 2. The molecule has 1 aliphatic rings. The molecule has 1 heterocycles. The van der Waals surface area contributed by atoms with E-state index in [1.54, 1.807) is 6.92 Å². The van der Waals surface area contributed by atoms with E-state index in [0.717, 1.165) is 13.1 Å². The summed E-state index contributed by atoms with van der Waals surface area (Å²) >= 11 is 0. The van der Waals surface area contributed by atoms with Gasteiger partial charge >= 0.3 is 0 Å². The zero-order valence-corrected chi connectivity index (χ0v) is 8.96. The Bertz CT molecular complexity index is 176. The number of carbonyl (C=O) groups is 1. The number of likely N-dealkylation sites (tertiary alicyclic amines) is 1. The van der Waals surface area contributed by atoms with Gasteiger partial charge in [-0.2, -0.15) is 0 Å². The maximum atomic E-state index is 11.1. The number of amides is 1. The molecule has 0 aromatic carbocycles. The van der Waals surface area contributed by atoms with Gasteiger partial charge in [0.05, 0.1) is 6.04 Å². The Morgan fingerprint density at radius 2 is 2.07 bits per heavy atom. The van der Waals surface area contributed by atoms with E-state index < -0.39 is 6.04 Å². The molecule has 0 aromatic heterocycles. The highest BCUT2D eigenvalue weighted by Gasteiger charge is 2.10. The molecule has 0 radical (unpaired) electrons. The van der Waals surface area contributed by atoms with Gasteiger partial charge in [0, 0.05) is 13.1 Å². The quantitative estimate of drug-likeness (QED) is 0.666. The van der Waals surface area contributed by atoms with Crippen LogP contribution in [0.2, 0.25) is 0 Å². The number of piperidine rings is 1. The molecule has 82 valence electrons. The van der Waals surface area contributed by atoms with E-state index in [2.05, 4.69) is 10.2 Å². The van der Waals surface area contributed by atoms with Crippen molar-refractivity contribution in [3.8, 4) is 0 Å². The molecule has 1 atom stereocenters. The molecule has 3 N–H and O–H groups in total. The number of rotatable bonds is 4. The summed E-state index contributed by atoms with van der Waals surface area (Å²) in [6.45, 7) is 5.73. The average Bonchev–Trinajstić information content (AvgIpc) is 2.19. The minimum atomic E-state index is -0.392. The zero-order chi connectivity index (χ0) is 10.4. The molecule has 1 amide bonds. The van der Waals surface area contributed by atoms with E-state index in [1.807, 2.05) is 0 Å². The van der Waals surface area contributed by atoms with Crippen LogP contribution in [-0.4, -0.2) is 43.0 Å². The van der Waals surface area contributed by atoms with Crippen molar-refractivity contribution in [3.05, 3.63) is 0 Å². The van der Waals surface area contributed by atoms with Gasteiger partial charge in [-0.25, -0.2) is 0 Å². The summed E-state index contributed by atoms with van der Waals surface area (Å²) in [4.78, 5) is 13.5. The highest BCUT2D eigenvalue weighted by molar-refractivity contribution is 5.80. The zero-order valence-electron chi connectivity index (χ0n) is 8.96. The summed E-state index contributed by atoms with van der Waals surface area (Å²) in [5.74, 6) is -0.0537. The summed E-state index contributed by atoms with van der Waals surface area (Å²) in [5.41, 5.74) is 5.43. The normalized spacial score (nSPS) is 20.4. The Kier molecular flexibility index (Phi) is 4.90. The van der Waals surface area contributed by atoms with Gasteiger partial charge in [-0.15, -0.1) is 0 Å². The van der Waals surface area contributed by atoms with Gasteiger partial charge in [-0.1, -0.05) is 6.42 Å². The molecule has 4 nitrogen and oxygen atoms in total. The fourth-order valence-corrected chi connectivity index (χ4v) is 1.68. The van der Waals surface area contributed by atoms with Crippen LogP contribution in [0.3, 0.4) is 0 Å². The maximum Gasteiger partial charge on any atom is 0.236 e. The Labute approximate surface area is 85.8 Å². The van der Waals surface area contributed by atoms with Gasteiger partial charge in [0.15, 0.2) is 0 Å². The summed E-state index contributed by atoms with van der Waals surface area (Å²) in [5, 5.41) is 2.82. The molecule has 4 heteroatoms. The molecule has 1 saturated heterocycles. The predicted molar refractivity (Wildman–Crippen MR) is 57.0 cm³/mol. The van der Waals surface area contributed by atoms with E-state index in [1.165, 1.54) is 32.4 Å². The summed E-state index contributed by atoms with van der Waals surface area (Å²) in [6.07, 6.45) is 3.94. The van der Waals surface area contributed by atoms with Gasteiger partial charge in [-0.05, 0) is 32.9 Å². The van der Waals surface area contributed by atoms with Gasteiger partial charge in [-0.3, -0.25) is 4.79 Å². The molecular weight excluding hydrogens is 178 g/mol. The highest BCUT2D eigenvalue weighted by atomic mass is 16.2. The van der Waals surface area contributed by atoms with Crippen molar-refractivity contribution in [1.29, 1.82) is 0 Å². The van der Waals surface area contributed by atoms with Crippen LogP contribution >= 0.6 is 0 Å². The first-order valence-corrected chi connectivity index (χ1v) is 5.46. The second kappa shape index (κ2) is 5.98. The second-order valence-corrected chi connectivity index (χ2v) is 3.98. The third kappa shape index (κ3) is 4.07. The summed E-state index contributed by atoms with van der Waals surface area (Å²) in [6, 6.07) is -0.392. The standard InChI is InChI=1S/C10H21N3O/c1-9(11)10(14)12-5-8-13-6-3-2-4-7-13/h9H,2-8,11H2,1H3,(H,12,14)/t9-/m0/s1. The smallest absolute Gasteiger partial charge is 0.236 e. The van der Waals surface area contributed by atoms with Crippen LogP contribution in [0.1, 0.15) is 26.2 Å². The first-order valence-electron chi connectivity index (χ1n) is 5.46.